The highest BCUT2D eigenvalue weighted by Crippen LogP contribution is 2.16. The first kappa shape index (κ1) is 7.81. The molecule has 0 amide bonds. The fourth-order valence-electron chi connectivity index (χ4n) is 1.68. The average molecular weight is 162 g/mol. The van der Waals surface area contributed by atoms with Crippen LogP contribution in [0.3, 0.4) is 0 Å². The Morgan fingerprint density at radius 2 is 2.08 bits per heavy atom. The molecule has 1 aliphatic heterocycles. The van der Waals surface area contributed by atoms with Crippen molar-refractivity contribution in [3.05, 3.63) is 35.9 Å². The van der Waals surface area contributed by atoms with Gasteiger partial charge in [0.2, 0.25) is 0 Å². The standard InChI is InChI=1S/C11H14O/c1-2-5-10(6-3-1)9-11-7-4-8-12-11/h1-3,5-6,11H,4,7-9H2/t11-/m0/s1. The summed E-state index contributed by atoms with van der Waals surface area (Å²) in [5, 5.41) is 0. The molecule has 1 atom stereocenters. The monoisotopic (exact) mass is 162 g/mol. The summed E-state index contributed by atoms with van der Waals surface area (Å²) in [7, 11) is 0. The fourth-order valence-corrected chi connectivity index (χ4v) is 1.68. The highest BCUT2D eigenvalue weighted by atomic mass is 16.5. The average Bonchev–Trinajstić information content (AvgIpc) is 2.59. The van der Waals surface area contributed by atoms with Gasteiger partial charge in [-0.1, -0.05) is 30.3 Å². The zero-order valence-electron chi connectivity index (χ0n) is 7.20. The molecule has 0 aromatic heterocycles. The predicted molar refractivity (Wildman–Crippen MR) is 49.1 cm³/mol. The minimum absolute atomic E-state index is 0.479. The van der Waals surface area contributed by atoms with Gasteiger partial charge in [0, 0.05) is 6.61 Å². The van der Waals surface area contributed by atoms with Crippen molar-refractivity contribution in [2.75, 3.05) is 6.61 Å². The van der Waals surface area contributed by atoms with Gasteiger partial charge in [-0.2, -0.15) is 0 Å². The van der Waals surface area contributed by atoms with Crippen LogP contribution in [0.5, 0.6) is 0 Å². The summed E-state index contributed by atoms with van der Waals surface area (Å²) in [5.74, 6) is 0. The summed E-state index contributed by atoms with van der Waals surface area (Å²) in [6, 6.07) is 10.6. The Morgan fingerprint density at radius 3 is 2.75 bits per heavy atom. The maximum absolute atomic E-state index is 5.56. The molecule has 64 valence electrons. The van der Waals surface area contributed by atoms with Crippen LogP contribution < -0.4 is 0 Å². The zero-order chi connectivity index (χ0) is 8.23. The van der Waals surface area contributed by atoms with Gasteiger partial charge in [0.15, 0.2) is 0 Å². The lowest BCUT2D eigenvalue weighted by molar-refractivity contribution is 0.111. The third kappa shape index (κ3) is 1.86. The maximum Gasteiger partial charge on any atom is 0.0616 e. The van der Waals surface area contributed by atoms with Gasteiger partial charge in [-0.05, 0) is 24.8 Å². The predicted octanol–water partition coefficient (Wildman–Crippen LogP) is 2.41. The van der Waals surface area contributed by atoms with Crippen LogP contribution in [0.15, 0.2) is 30.3 Å². The Labute approximate surface area is 73.4 Å². The van der Waals surface area contributed by atoms with Gasteiger partial charge in [0.1, 0.15) is 0 Å². The molecule has 1 nitrogen and oxygen atoms in total. The van der Waals surface area contributed by atoms with Crippen LogP contribution in [0.2, 0.25) is 0 Å². The number of benzene rings is 1. The van der Waals surface area contributed by atoms with E-state index in [9.17, 15) is 0 Å². The van der Waals surface area contributed by atoms with Gasteiger partial charge in [0.25, 0.3) is 0 Å². The lowest BCUT2D eigenvalue weighted by Gasteiger charge is -2.08. The molecule has 1 aromatic carbocycles. The Morgan fingerprint density at radius 1 is 1.25 bits per heavy atom. The molecule has 12 heavy (non-hydrogen) atoms. The summed E-state index contributed by atoms with van der Waals surface area (Å²) >= 11 is 0. The fraction of sp³-hybridized carbons (Fsp3) is 0.455. The molecule has 0 N–H and O–H groups in total. The van der Waals surface area contributed by atoms with E-state index in [4.69, 9.17) is 4.74 Å². The van der Waals surface area contributed by atoms with E-state index >= 15 is 0 Å². The summed E-state index contributed by atoms with van der Waals surface area (Å²) in [6.07, 6.45) is 4.03. The van der Waals surface area contributed by atoms with E-state index in [2.05, 4.69) is 30.3 Å². The van der Waals surface area contributed by atoms with E-state index in [0.29, 0.717) is 6.10 Å². The van der Waals surface area contributed by atoms with Crippen molar-refractivity contribution in [1.82, 2.24) is 0 Å². The van der Waals surface area contributed by atoms with Crippen LogP contribution in [-0.4, -0.2) is 12.7 Å². The van der Waals surface area contributed by atoms with Crippen molar-refractivity contribution in [2.45, 2.75) is 25.4 Å². The molecule has 1 fully saturated rings. The van der Waals surface area contributed by atoms with Crippen molar-refractivity contribution >= 4 is 0 Å². The van der Waals surface area contributed by atoms with Crippen molar-refractivity contribution in [1.29, 1.82) is 0 Å². The summed E-state index contributed by atoms with van der Waals surface area (Å²) in [4.78, 5) is 0. The van der Waals surface area contributed by atoms with Gasteiger partial charge < -0.3 is 4.74 Å². The maximum atomic E-state index is 5.56. The number of rotatable bonds is 2. The van der Waals surface area contributed by atoms with E-state index < -0.39 is 0 Å². The minimum atomic E-state index is 0.479. The smallest absolute Gasteiger partial charge is 0.0616 e. The van der Waals surface area contributed by atoms with Crippen molar-refractivity contribution in [3.8, 4) is 0 Å². The SMILES string of the molecule is c1ccc(C[C@@H]2CCCO2)cc1. The molecular weight excluding hydrogens is 148 g/mol. The first-order valence-corrected chi connectivity index (χ1v) is 4.61. The van der Waals surface area contributed by atoms with Gasteiger partial charge in [-0.25, -0.2) is 0 Å². The molecule has 0 saturated carbocycles. The molecule has 2 rings (SSSR count). The molecule has 1 heteroatoms. The van der Waals surface area contributed by atoms with Crippen LogP contribution >= 0.6 is 0 Å². The highest BCUT2D eigenvalue weighted by molar-refractivity contribution is 5.15. The van der Waals surface area contributed by atoms with Crippen molar-refractivity contribution in [2.24, 2.45) is 0 Å². The van der Waals surface area contributed by atoms with Crippen LogP contribution in [0.1, 0.15) is 18.4 Å². The van der Waals surface area contributed by atoms with E-state index in [1.807, 2.05) is 0 Å². The molecule has 1 aromatic rings. The second-order valence-corrected chi connectivity index (χ2v) is 3.32. The van der Waals surface area contributed by atoms with Gasteiger partial charge in [0.05, 0.1) is 6.10 Å². The molecule has 0 radical (unpaired) electrons. The van der Waals surface area contributed by atoms with Crippen LogP contribution in [-0.2, 0) is 11.2 Å². The topological polar surface area (TPSA) is 9.23 Å². The third-order valence-electron chi connectivity index (χ3n) is 2.33. The first-order chi connectivity index (χ1) is 5.95. The van der Waals surface area contributed by atoms with E-state index in [0.717, 1.165) is 13.0 Å². The minimum Gasteiger partial charge on any atom is -0.378 e. The largest absolute Gasteiger partial charge is 0.378 e. The van der Waals surface area contributed by atoms with E-state index in [-0.39, 0.29) is 0 Å². The Balaban J connectivity index is 1.94. The molecule has 0 spiro atoms. The number of hydrogen-bond acceptors (Lipinski definition) is 1. The zero-order valence-corrected chi connectivity index (χ0v) is 7.20. The van der Waals surface area contributed by atoms with Gasteiger partial charge in [-0.3, -0.25) is 0 Å². The molecular formula is C11H14O. The number of ether oxygens (including phenoxy) is 1. The first-order valence-electron chi connectivity index (χ1n) is 4.61. The molecule has 1 saturated heterocycles. The van der Waals surface area contributed by atoms with Crippen LogP contribution in [0, 0.1) is 0 Å². The second-order valence-electron chi connectivity index (χ2n) is 3.32. The summed E-state index contributed by atoms with van der Waals surface area (Å²) in [5.41, 5.74) is 1.39. The molecule has 0 aliphatic carbocycles. The lowest BCUT2D eigenvalue weighted by Crippen LogP contribution is -2.08. The second kappa shape index (κ2) is 3.72. The molecule has 0 unspecified atom stereocenters. The summed E-state index contributed by atoms with van der Waals surface area (Å²) in [6.45, 7) is 0.956. The van der Waals surface area contributed by atoms with Gasteiger partial charge >= 0.3 is 0 Å². The number of hydrogen-bond donors (Lipinski definition) is 0. The Bertz CT molecular complexity index is 224. The summed E-state index contributed by atoms with van der Waals surface area (Å²) < 4.78 is 5.56. The van der Waals surface area contributed by atoms with Crippen LogP contribution in [0.4, 0.5) is 0 Å². The third-order valence-corrected chi connectivity index (χ3v) is 2.33. The quantitative estimate of drug-likeness (QED) is 0.649. The highest BCUT2D eigenvalue weighted by Gasteiger charge is 2.15. The molecule has 0 bridgehead atoms. The van der Waals surface area contributed by atoms with E-state index in [1.54, 1.807) is 0 Å². The normalized spacial score (nSPS) is 22.8. The van der Waals surface area contributed by atoms with Crippen molar-refractivity contribution in [3.63, 3.8) is 0 Å². The Kier molecular flexibility index (Phi) is 2.42. The van der Waals surface area contributed by atoms with Crippen LogP contribution in [0.25, 0.3) is 0 Å². The molecule has 1 heterocycles. The Hall–Kier alpha value is -0.820. The van der Waals surface area contributed by atoms with Crippen molar-refractivity contribution < 1.29 is 4.74 Å². The van der Waals surface area contributed by atoms with E-state index in [1.165, 1.54) is 18.4 Å². The lowest BCUT2D eigenvalue weighted by atomic mass is 10.1. The van der Waals surface area contributed by atoms with Gasteiger partial charge in [-0.15, -0.1) is 0 Å². The molecule has 1 aliphatic rings.